The van der Waals surface area contributed by atoms with Crippen molar-refractivity contribution in [3.63, 3.8) is 0 Å². The molecule has 0 atom stereocenters. The minimum absolute atomic E-state index is 0.139. The average Bonchev–Trinajstić information content (AvgIpc) is 2.82. The number of hydrogen-bond acceptors (Lipinski definition) is 4. The molecule has 0 fully saturated rings. The van der Waals surface area contributed by atoms with Crippen LogP contribution in [0.4, 0.5) is 5.69 Å². The maximum Gasteiger partial charge on any atom is 0.234 e. The molecule has 1 aromatic carbocycles. The van der Waals surface area contributed by atoms with Crippen molar-refractivity contribution >= 4 is 35.0 Å². The molecule has 5 nitrogen and oxygen atoms in total. The monoisotopic (exact) mass is 268 g/mol. The number of benzene rings is 1. The molecule has 1 amide bonds. The third-order valence-electron chi connectivity index (χ3n) is 1.88. The van der Waals surface area contributed by atoms with Gasteiger partial charge in [0.05, 0.1) is 16.5 Å². The van der Waals surface area contributed by atoms with E-state index in [-0.39, 0.29) is 11.7 Å². The number of aromatic nitrogens is 3. The van der Waals surface area contributed by atoms with Gasteiger partial charge in [-0.15, -0.1) is 0 Å². The van der Waals surface area contributed by atoms with Crippen LogP contribution in [0.5, 0.6) is 0 Å². The van der Waals surface area contributed by atoms with Gasteiger partial charge >= 0.3 is 0 Å². The molecule has 0 bridgehead atoms. The summed E-state index contributed by atoms with van der Waals surface area (Å²) in [4.78, 5) is 15.5. The van der Waals surface area contributed by atoms with E-state index in [0.29, 0.717) is 15.9 Å². The highest BCUT2D eigenvalue weighted by molar-refractivity contribution is 7.99. The van der Waals surface area contributed by atoms with Crippen molar-refractivity contribution in [2.75, 3.05) is 11.1 Å². The number of thioether (sulfide) groups is 1. The second-order valence-corrected chi connectivity index (χ2v) is 4.48. The SMILES string of the molecule is O=C(CSc1ncn[nH]1)Nc1ccccc1Cl. The number of halogens is 1. The van der Waals surface area contributed by atoms with Gasteiger partial charge in [0.25, 0.3) is 0 Å². The lowest BCUT2D eigenvalue weighted by Gasteiger charge is -2.05. The van der Waals surface area contributed by atoms with E-state index in [1.165, 1.54) is 18.1 Å². The number of carbonyl (C=O) groups is 1. The Morgan fingerprint density at radius 1 is 1.47 bits per heavy atom. The smallest absolute Gasteiger partial charge is 0.234 e. The minimum atomic E-state index is -0.139. The van der Waals surface area contributed by atoms with Crippen molar-refractivity contribution in [2.24, 2.45) is 0 Å². The fourth-order valence-corrected chi connectivity index (χ4v) is 1.91. The van der Waals surface area contributed by atoms with Crippen LogP contribution in [0, 0.1) is 0 Å². The molecule has 0 aliphatic carbocycles. The predicted octanol–water partition coefficient (Wildman–Crippen LogP) is 2.19. The van der Waals surface area contributed by atoms with Crippen LogP contribution in [0.3, 0.4) is 0 Å². The molecule has 0 unspecified atom stereocenters. The molecular weight excluding hydrogens is 260 g/mol. The molecule has 2 N–H and O–H groups in total. The first-order valence-corrected chi connectivity index (χ1v) is 6.14. The van der Waals surface area contributed by atoms with Gasteiger partial charge in [0.15, 0.2) is 5.16 Å². The van der Waals surface area contributed by atoms with Gasteiger partial charge in [-0.1, -0.05) is 35.5 Å². The molecule has 7 heteroatoms. The molecule has 0 spiro atoms. The second kappa shape index (κ2) is 5.70. The number of aromatic amines is 1. The Bertz CT molecular complexity index is 503. The third-order valence-corrected chi connectivity index (χ3v) is 3.09. The molecule has 17 heavy (non-hydrogen) atoms. The maximum atomic E-state index is 11.6. The lowest BCUT2D eigenvalue weighted by molar-refractivity contribution is -0.113. The van der Waals surface area contributed by atoms with E-state index in [1.807, 2.05) is 6.07 Å². The van der Waals surface area contributed by atoms with Crippen molar-refractivity contribution in [3.05, 3.63) is 35.6 Å². The number of carbonyl (C=O) groups excluding carboxylic acids is 1. The average molecular weight is 269 g/mol. The summed E-state index contributed by atoms with van der Waals surface area (Å²) in [5.74, 6) is 0.111. The van der Waals surface area contributed by atoms with Crippen molar-refractivity contribution in [2.45, 2.75) is 5.16 Å². The van der Waals surface area contributed by atoms with Crippen molar-refractivity contribution in [1.29, 1.82) is 0 Å². The Morgan fingerprint density at radius 2 is 2.29 bits per heavy atom. The summed E-state index contributed by atoms with van der Waals surface area (Å²) in [5, 5.41) is 10.2. The highest BCUT2D eigenvalue weighted by Crippen LogP contribution is 2.21. The predicted molar refractivity (Wildman–Crippen MR) is 67.2 cm³/mol. The number of nitrogens with one attached hydrogen (secondary N) is 2. The molecule has 2 rings (SSSR count). The first-order chi connectivity index (χ1) is 8.25. The summed E-state index contributed by atoms with van der Waals surface area (Å²) in [6, 6.07) is 7.09. The number of rotatable bonds is 4. The molecule has 1 aromatic heterocycles. The van der Waals surface area contributed by atoms with E-state index in [2.05, 4.69) is 20.5 Å². The highest BCUT2D eigenvalue weighted by atomic mass is 35.5. The Hall–Kier alpha value is -1.53. The maximum absolute atomic E-state index is 11.6. The second-order valence-electron chi connectivity index (χ2n) is 3.11. The summed E-state index contributed by atoms with van der Waals surface area (Å²) in [5.41, 5.74) is 0.609. The van der Waals surface area contributed by atoms with Gasteiger partial charge in [-0.25, -0.2) is 4.98 Å². The number of amides is 1. The van der Waals surface area contributed by atoms with Gasteiger partial charge in [0.2, 0.25) is 5.91 Å². The first-order valence-electron chi connectivity index (χ1n) is 4.78. The summed E-state index contributed by atoms with van der Waals surface area (Å²) < 4.78 is 0. The quantitative estimate of drug-likeness (QED) is 0.834. The minimum Gasteiger partial charge on any atom is -0.324 e. The Kier molecular flexibility index (Phi) is 4.00. The van der Waals surface area contributed by atoms with Crippen LogP contribution >= 0.6 is 23.4 Å². The molecule has 0 aliphatic heterocycles. The lowest BCUT2D eigenvalue weighted by Crippen LogP contribution is -2.14. The topological polar surface area (TPSA) is 70.7 Å². The number of anilines is 1. The van der Waals surface area contributed by atoms with E-state index in [1.54, 1.807) is 18.2 Å². The Balaban J connectivity index is 1.87. The summed E-state index contributed by atoms with van der Waals surface area (Å²) >= 11 is 7.19. The standard InChI is InChI=1S/C10H9ClN4OS/c11-7-3-1-2-4-8(7)14-9(16)5-17-10-12-6-13-15-10/h1-4,6H,5H2,(H,14,16)(H,12,13,15). The first kappa shape index (κ1) is 11.9. The van der Waals surface area contributed by atoms with Crippen LogP contribution in [0.1, 0.15) is 0 Å². The van der Waals surface area contributed by atoms with Crippen molar-refractivity contribution in [1.82, 2.24) is 15.2 Å². The summed E-state index contributed by atoms with van der Waals surface area (Å²) in [7, 11) is 0. The fourth-order valence-electron chi connectivity index (χ4n) is 1.15. The van der Waals surface area contributed by atoms with Gasteiger partial charge in [-0.3, -0.25) is 9.89 Å². The molecule has 2 aromatic rings. The van der Waals surface area contributed by atoms with Crippen LogP contribution in [0.15, 0.2) is 35.7 Å². The zero-order valence-electron chi connectivity index (χ0n) is 8.68. The van der Waals surface area contributed by atoms with E-state index in [9.17, 15) is 4.79 Å². The lowest BCUT2D eigenvalue weighted by atomic mass is 10.3. The van der Waals surface area contributed by atoms with Gasteiger partial charge in [0, 0.05) is 0 Å². The van der Waals surface area contributed by atoms with Crippen LogP contribution in [-0.4, -0.2) is 26.8 Å². The van der Waals surface area contributed by atoms with Gasteiger partial charge in [0.1, 0.15) is 6.33 Å². The van der Waals surface area contributed by atoms with Crippen LogP contribution < -0.4 is 5.32 Å². The van der Waals surface area contributed by atoms with Gasteiger partial charge in [-0.05, 0) is 12.1 Å². The van der Waals surface area contributed by atoms with E-state index >= 15 is 0 Å². The Labute approximate surface area is 107 Å². The molecule has 0 saturated heterocycles. The van der Waals surface area contributed by atoms with Crippen molar-refractivity contribution < 1.29 is 4.79 Å². The fraction of sp³-hybridized carbons (Fsp3) is 0.100. The normalized spacial score (nSPS) is 10.2. The number of hydrogen-bond donors (Lipinski definition) is 2. The Morgan fingerprint density at radius 3 is 3.00 bits per heavy atom. The van der Waals surface area contributed by atoms with E-state index < -0.39 is 0 Å². The molecule has 0 aliphatic rings. The number of nitrogens with zero attached hydrogens (tertiary/aromatic N) is 2. The van der Waals surface area contributed by atoms with Crippen LogP contribution in [0.2, 0.25) is 5.02 Å². The van der Waals surface area contributed by atoms with Crippen molar-refractivity contribution in [3.8, 4) is 0 Å². The summed E-state index contributed by atoms with van der Waals surface area (Å²) in [6.45, 7) is 0. The largest absolute Gasteiger partial charge is 0.324 e. The molecule has 0 radical (unpaired) electrons. The van der Waals surface area contributed by atoms with Gasteiger partial charge < -0.3 is 5.32 Å². The number of para-hydroxylation sites is 1. The highest BCUT2D eigenvalue weighted by Gasteiger charge is 2.06. The summed E-state index contributed by atoms with van der Waals surface area (Å²) in [6.07, 6.45) is 1.40. The van der Waals surface area contributed by atoms with Crippen LogP contribution in [-0.2, 0) is 4.79 Å². The van der Waals surface area contributed by atoms with E-state index in [0.717, 1.165) is 0 Å². The molecule has 1 heterocycles. The zero-order valence-corrected chi connectivity index (χ0v) is 10.3. The molecule has 88 valence electrons. The molecular formula is C10H9ClN4OS. The molecule has 0 saturated carbocycles. The van der Waals surface area contributed by atoms with E-state index in [4.69, 9.17) is 11.6 Å². The van der Waals surface area contributed by atoms with Gasteiger partial charge in [-0.2, -0.15) is 5.10 Å². The number of H-pyrrole nitrogens is 1. The third kappa shape index (κ3) is 3.47. The van der Waals surface area contributed by atoms with Crippen LogP contribution in [0.25, 0.3) is 0 Å². The zero-order chi connectivity index (χ0) is 12.1.